The fraction of sp³-hybridized carbons (Fsp3) is 0.188. The molecule has 0 radical (unpaired) electrons. The Morgan fingerprint density at radius 2 is 2.04 bits per heavy atom. The van der Waals surface area contributed by atoms with Crippen LogP contribution in [0.15, 0.2) is 42.9 Å². The molecule has 1 aromatic carbocycles. The Bertz CT molecular complexity index is 871. The number of nitrogens with one attached hydrogen (secondary N) is 1. The summed E-state index contributed by atoms with van der Waals surface area (Å²) in [4.78, 5) is 12.1. The number of amides is 1. The quantitative estimate of drug-likeness (QED) is 0.751. The van der Waals surface area contributed by atoms with Gasteiger partial charge in [0.25, 0.3) is 5.91 Å². The van der Waals surface area contributed by atoms with Crippen LogP contribution >= 0.6 is 23.2 Å². The highest BCUT2D eigenvalue weighted by Gasteiger charge is 2.11. The fourth-order valence-electron chi connectivity index (χ4n) is 2.19. The van der Waals surface area contributed by atoms with Gasteiger partial charge in [-0.25, -0.2) is 0 Å². The van der Waals surface area contributed by atoms with Crippen molar-refractivity contribution in [3.8, 4) is 0 Å². The van der Waals surface area contributed by atoms with E-state index in [0.717, 1.165) is 12.1 Å². The van der Waals surface area contributed by atoms with Crippen molar-refractivity contribution in [3.05, 3.63) is 64.2 Å². The first kappa shape index (κ1) is 16.5. The molecule has 1 N–H and O–H groups in total. The predicted octanol–water partition coefficient (Wildman–Crippen LogP) is 3.71. The molecule has 3 aromatic rings. The number of aryl methyl sites for hydroxylation is 1. The van der Waals surface area contributed by atoms with E-state index in [9.17, 15) is 4.79 Å². The first-order valence-corrected chi connectivity index (χ1v) is 8.12. The van der Waals surface area contributed by atoms with Crippen LogP contribution in [0.1, 0.15) is 23.0 Å². The smallest absolute Gasteiger partial charge is 0.276 e. The van der Waals surface area contributed by atoms with E-state index in [1.807, 2.05) is 13.0 Å². The Morgan fingerprint density at radius 1 is 1.21 bits per heavy atom. The van der Waals surface area contributed by atoms with E-state index in [-0.39, 0.29) is 5.91 Å². The molecule has 0 aliphatic rings. The van der Waals surface area contributed by atoms with Crippen molar-refractivity contribution < 1.29 is 4.79 Å². The minimum Gasteiger partial charge on any atom is -0.318 e. The second-order valence-electron chi connectivity index (χ2n) is 5.19. The van der Waals surface area contributed by atoms with Crippen LogP contribution in [-0.4, -0.2) is 25.5 Å². The van der Waals surface area contributed by atoms with E-state index in [1.165, 1.54) is 0 Å². The molecule has 0 spiro atoms. The fourth-order valence-corrected chi connectivity index (χ4v) is 2.51. The molecular formula is C16H15Cl2N5O. The molecule has 124 valence electrons. The summed E-state index contributed by atoms with van der Waals surface area (Å²) < 4.78 is 3.41. The Morgan fingerprint density at radius 3 is 2.75 bits per heavy atom. The zero-order valence-electron chi connectivity index (χ0n) is 12.9. The molecule has 2 heterocycles. The SMILES string of the molecule is CCn1ccc(C(=O)Nc2cnn(Cc3ccc(Cl)c(Cl)c3)c2)n1. The number of carbonyl (C=O) groups excluding carboxylic acids is 1. The average Bonchev–Trinajstić information content (AvgIpc) is 3.20. The molecule has 1 amide bonds. The Hall–Kier alpha value is -2.31. The maximum absolute atomic E-state index is 12.1. The third-order valence-electron chi connectivity index (χ3n) is 3.42. The third-order valence-corrected chi connectivity index (χ3v) is 4.16. The minimum atomic E-state index is -0.267. The van der Waals surface area contributed by atoms with Gasteiger partial charge in [-0.2, -0.15) is 10.2 Å². The Balaban J connectivity index is 1.66. The standard InChI is InChI=1S/C16H15Cl2N5O/c1-2-22-6-5-15(21-22)16(24)20-12-8-19-23(10-12)9-11-3-4-13(17)14(18)7-11/h3-8,10H,2,9H2,1H3,(H,20,24). The number of benzene rings is 1. The van der Waals surface area contributed by atoms with Crippen LogP contribution < -0.4 is 5.32 Å². The van der Waals surface area contributed by atoms with Crippen LogP contribution in [0.4, 0.5) is 5.69 Å². The monoisotopic (exact) mass is 363 g/mol. The van der Waals surface area contributed by atoms with Crippen molar-refractivity contribution in [1.29, 1.82) is 0 Å². The summed E-state index contributed by atoms with van der Waals surface area (Å²) in [5.74, 6) is -0.267. The average molecular weight is 364 g/mol. The number of aromatic nitrogens is 4. The normalized spacial score (nSPS) is 10.8. The second-order valence-corrected chi connectivity index (χ2v) is 6.00. The lowest BCUT2D eigenvalue weighted by atomic mass is 10.2. The van der Waals surface area contributed by atoms with Crippen LogP contribution in [0.25, 0.3) is 0 Å². The highest BCUT2D eigenvalue weighted by Crippen LogP contribution is 2.23. The van der Waals surface area contributed by atoms with Crippen LogP contribution in [0.3, 0.4) is 0 Å². The van der Waals surface area contributed by atoms with E-state index in [4.69, 9.17) is 23.2 Å². The molecule has 3 rings (SSSR count). The Kier molecular flexibility index (Phi) is 4.87. The lowest BCUT2D eigenvalue weighted by Gasteiger charge is -2.03. The van der Waals surface area contributed by atoms with Gasteiger partial charge in [0, 0.05) is 18.9 Å². The van der Waals surface area contributed by atoms with Crippen LogP contribution in [0.5, 0.6) is 0 Å². The van der Waals surface area contributed by atoms with Gasteiger partial charge in [0.15, 0.2) is 5.69 Å². The first-order valence-electron chi connectivity index (χ1n) is 7.36. The number of hydrogen-bond acceptors (Lipinski definition) is 3. The van der Waals surface area contributed by atoms with E-state index in [0.29, 0.717) is 28.0 Å². The number of hydrogen-bond donors (Lipinski definition) is 1. The van der Waals surface area contributed by atoms with Crippen LogP contribution in [0.2, 0.25) is 10.0 Å². The van der Waals surface area contributed by atoms with Gasteiger partial charge in [-0.3, -0.25) is 14.2 Å². The highest BCUT2D eigenvalue weighted by molar-refractivity contribution is 6.42. The molecular weight excluding hydrogens is 349 g/mol. The minimum absolute atomic E-state index is 0.267. The van der Waals surface area contributed by atoms with Crippen molar-refractivity contribution >= 4 is 34.8 Å². The number of anilines is 1. The molecule has 8 heteroatoms. The predicted molar refractivity (Wildman–Crippen MR) is 93.6 cm³/mol. The largest absolute Gasteiger partial charge is 0.318 e. The van der Waals surface area contributed by atoms with Crippen molar-refractivity contribution in [3.63, 3.8) is 0 Å². The molecule has 24 heavy (non-hydrogen) atoms. The molecule has 0 saturated carbocycles. The summed E-state index contributed by atoms with van der Waals surface area (Å²) in [5.41, 5.74) is 1.94. The van der Waals surface area contributed by atoms with E-state index < -0.39 is 0 Å². The zero-order chi connectivity index (χ0) is 17.1. The second kappa shape index (κ2) is 7.07. The van der Waals surface area contributed by atoms with E-state index in [1.54, 1.807) is 46.2 Å². The molecule has 6 nitrogen and oxygen atoms in total. The number of carbonyl (C=O) groups is 1. The van der Waals surface area contributed by atoms with Gasteiger partial charge in [-0.15, -0.1) is 0 Å². The molecule has 0 aliphatic carbocycles. The third kappa shape index (κ3) is 3.77. The number of rotatable bonds is 5. The van der Waals surface area contributed by atoms with Gasteiger partial charge in [0.2, 0.25) is 0 Å². The lowest BCUT2D eigenvalue weighted by Crippen LogP contribution is -2.13. The molecule has 0 atom stereocenters. The summed E-state index contributed by atoms with van der Waals surface area (Å²) in [6.45, 7) is 3.20. The maximum Gasteiger partial charge on any atom is 0.276 e. The summed E-state index contributed by atoms with van der Waals surface area (Å²) in [6, 6.07) is 7.10. The first-order chi connectivity index (χ1) is 11.5. The summed E-state index contributed by atoms with van der Waals surface area (Å²) >= 11 is 11.9. The lowest BCUT2D eigenvalue weighted by molar-refractivity contribution is 0.102. The van der Waals surface area contributed by atoms with E-state index in [2.05, 4.69) is 15.5 Å². The molecule has 0 bridgehead atoms. The van der Waals surface area contributed by atoms with Crippen LogP contribution in [-0.2, 0) is 13.1 Å². The topological polar surface area (TPSA) is 64.7 Å². The zero-order valence-corrected chi connectivity index (χ0v) is 14.4. The number of nitrogens with zero attached hydrogens (tertiary/aromatic N) is 4. The molecule has 0 aliphatic heterocycles. The van der Waals surface area contributed by atoms with Gasteiger partial charge in [0.1, 0.15) is 0 Å². The molecule has 0 unspecified atom stereocenters. The van der Waals surface area contributed by atoms with Crippen molar-refractivity contribution in [2.75, 3.05) is 5.32 Å². The maximum atomic E-state index is 12.1. The summed E-state index contributed by atoms with van der Waals surface area (Å²) in [7, 11) is 0. The van der Waals surface area contributed by atoms with Crippen LogP contribution in [0, 0.1) is 0 Å². The molecule has 2 aromatic heterocycles. The van der Waals surface area contributed by atoms with Gasteiger partial charge in [-0.05, 0) is 30.7 Å². The van der Waals surface area contributed by atoms with Gasteiger partial charge in [-0.1, -0.05) is 29.3 Å². The van der Waals surface area contributed by atoms with E-state index >= 15 is 0 Å². The van der Waals surface area contributed by atoms with Crippen molar-refractivity contribution in [2.45, 2.75) is 20.0 Å². The van der Waals surface area contributed by atoms with Crippen molar-refractivity contribution in [2.24, 2.45) is 0 Å². The van der Waals surface area contributed by atoms with Crippen molar-refractivity contribution in [1.82, 2.24) is 19.6 Å². The van der Waals surface area contributed by atoms with Gasteiger partial charge >= 0.3 is 0 Å². The Labute approximate surface area is 149 Å². The molecule has 0 saturated heterocycles. The number of halogens is 2. The summed E-state index contributed by atoms with van der Waals surface area (Å²) in [5, 5.41) is 12.2. The molecule has 0 fully saturated rings. The summed E-state index contributed by atoms with van der Waals surface area (Å²) in [6.07, 6.45) is 5.10. The highest BCUT2D eigenvalue weighted by atomic mass is 35.5. The van der Waals surface area contributed by atoms with Gasteiger partial charge < -0.3 is 5.32 Å². The van der Waals surface area contributed by atoms with Gasteiger partial charge in [0.05, 0.1) is 28.5 Å².